The number of nitrogens with zero attached hydrogens (tertiary/aromatic N) is 9. The fourth-order valence-corrected chi connectivity index (χ4v) is 30.3. The molecule has 652 valence electrons. The van der Waals surface area contributed by atoms with Gasteiger partial charge in [0.15, 0.2) is 0 Å². The van der Waals surface area contributed by atoms with Gasteiger partial charge in [-0.3, -0.25) is 24.0 Å². The molecule has 5 aromatic rings. The Balaban J connectivity index is 0.000000117. The third kappa shape index (κ3) is 19.7. The summed E-state index contributed by atoms with van der Waals surface area (Å²) < 4.78 is 28.8. The lowest BCUT2D eigenvalue weighted by Gasteiger charge is -2.59. The number of carbonyl (C=O) groups excluding carboxylic acids is 5. The van der Waals surface area contributed by atoms with Crippen molar-refractivity contribution in [2.24, 2.45) is 110 Å². The lowest BCUT2D eigenvalue weighted by molar-refractivity contribution is -0.0672. The first-order valence-corrected chi connectivity index (χ1v) is 46.0. The van der Waals surface area contributed by atoms with Crippen molar-refractivity contribution in [2.45, 2.75) is 225 Å². The van der Waals surface area contributed by atoms with Gasteiger partial charge in [-0.05, 0) is 366 Å². The van der Waals surface area contributed by atoms with Crippen molar-refractivity contribution in [1.29, 1.82) is 0 Å². The van der Waals surface area contributed by atoms with E-state index in [4.69, 9.17) is 0 Å². The second-order valence-corrected chi connectivity index (χ2v) is 42.5. The predicted octanol–water partition coefficient (Wildman–Crippen LogP) is 16.7. The first kappa shape index (κ1) is 87.4. The maximum absolute atomic E-state index is 14.4. The average molecular weight is 1650 g/mol. The number of amides is 5. The van der Waals surface area contributed by atoms with Crippen LogP contribution >= 0.6 is 0 Å². The molecule has 0 saturated heterocycles. The minimum Gasteiger partial charge on any atom is -0.355 e. The van der Waals surface area contributed by atoms with Crippen molar-refractivity contribution in [3.63, 3.8) is 0 Å². The summed E-state index contributed by atoms with van der Waals surface area (Å²) in [6.07, 6.45) is 49.2. The quantitative estimate of drug-likeness (QED) is 0.0436. The van der Waals surface area contributed by atoms with Gasteiger partial charge in [-0.15, -0.1) is 0 Å². The van der Waals surface area contributed by atoms with Crippen molar-refractivity contribution in [2.75, 3.05) is 106 Å². The molecule has 20 bridgehead atoms. The van der Waals surface area contributed by atoms with Crippen molar-refractivity contribution in [1.82, 2.24) is 61.2 Å². The molecular formula is C99H142F2N14O5. The van der Waals surface area contributed by atoms with E-state index in [1.807, 2.05) is 12.1 Å². The summed E-state index contributed by atoms with van der Waals surface area (Å²) in [6.45, 7) is 6.66. The standard InChI is InChI=1S/2C21H29FN2O.C21H30N2O.C18H26N4O.C17H24N4O.CH4/c2*1-23-20(25)17-3-4-18(19(22)8-17)12-24(2)13-21-9-14-5-15(10-21)7-16(6-14)11-21;1-22-20(24)19-5-3-15(4-6-19)13-23(2)14-21-10-16-7-17(11-21)9-18(8-16)12-21;1-19-16(23)15-9-20-17(21-10-15)22(2)11-18-6-12-3-13(7-18)5-14(4-12)8-18;1-18-15(22)14-9-19-16(20-10-14)21(2)17-6-11-3-12(7-17)5-13(4-11)8-17;/h2*3-4,8,14-16H,5-7,9-13H2,1-2H3,(H,23,25);3-6,16-18H,7-14H2,1-2H3,(H,22,24);9-10,12-14H,3-8,11H2,1-2H3,(H,19,23);9-13H,3-8H2,1-2H3,(H,18,22);1H4/i22-1;;;;;. The van der Waals surface area contributed by atoms with E-state index in [-0.39, 0.29) is 54.1 Å². The van der Waals surface area contributed by atoms with Crippen LogP contribution in [0.2, 0.25) is 0 Å². The van der Waals surface area contributed by atoms with Gasteiger partial charge in [-0.1, -0.05) is 31.7 Å². The monoisotopic (exact) mass is 1640 g/mol. The van der Waals surface area contributed by atoms with E-state index in [2.05, 4.69) is 118 Å². The van der Waals surface area contributed by atoms with Crippen LogP contribution in [0.5, 0.6) is 0 Å². The SMILES string of the molecule is C.CNC(=O)c1ccc(CN(C)CC23CC4CC(CC(C4)C2)C3)c(F)c1.CNC(=O)c1ccc(CN(C)CC23CC4CC(CC(C4)C2)C3)c([18F])c1.CNC(=O)c1ccc(CN(C)CC23CC4CC(CC(C4)C2)C3)cc1.CNC(=O)c1cnc(N(C)C23CC4CC(CC(C4)C2)C3)nc1.CNC(=O)c1cnc(N(C)CC23CC4CC(CC(C4)C2)C3)nc1. The molecule has 21 heteroatoms. The summed E-state index contributed by atoms with van der Waals surface area (Å²) >= 11 is 0. The molecule has 120 heavy (non-hydrogen) atoms. The van der Waals surface area contributed by atoms with Crippen LogP contribution < -0.4 is 36.4 Å². The molecule has 3 aromatic carbocycles. The largest absolute Gasteiger partial charge is 0.355 e. The van der Waals surface area contributed by atoms with Crippen LogP contribution in [0.3, 0.4) is 0 Å². The van der Waals surface area contributed by atoms with E-state index in [0.717, 1.165) is 132 Å². The zero-order chi connectivity index (χ0) is 83.3. The third-order valence-corrected chi connectivity index (χ3v) is 32.5. The van der Waals surface area contributed by atoms with Crippen molar-refractivity contribution >= 4 is 41.4 Å². The molecule has 0 spiro atoms. The van der Waals surface area contributed by atoms with Gasteiger partial charge in [-0.25, -0.2) is 28.7 Å². The summed E-state index contributed by atoms with van der Waals surface area (Å²) in [6, 6.07) is 17.7. The molecule has 0 radical (unpaired) electrons. The maximum Gasteiger partial charge on any atom is 0.254 e. The number of anilines is 2. The molecule has 5 N–H and O–H groups in total. The molecule has 5 amide bonds. The smallest absolute Gasteiger partial charge is 0.254 e. The Morgan fingerprint density at radius 3 is 0.850 bits per heavy atom. The number of carbonyl (C=O) groups is 5. The molecule has 20 saturated carbocycles. The number of rotatable bonds is 22. The van der Waals surface area contributed by atoms with Gasteiger partial charge in [0.05, 0.1) is 11.1 Å². The van der Waals surface area contributed by atoms with Crippen molar-refractivity contribution in [3.05, 3.63) is 142 Å². The zero-order valence-corrected chi connectivity index (χ0v) is 73.2. The van der Waals surface area contributed by atoms with Crippen LogP contribution in [0.15, 0.2) is 85.5 Å². The highest BCUT2D eigenvalue weighted by Gasteiger charge is 2.57. The second-order valence-electron chi connectivity index (χ2n) is 42.5. The fourth-order valence-electron chi connectivity index (χ4n) is 30.3. The zero-order valence-electron chi connectivity index (χ0n) is 73.2. The highest BCUT2D eigenvalue weighted by atomic mass is 19.1. The Labute approximate surface area is 715 Å². The number of benzene rings is 3. The lowest BCUT2D eigenvalue weighted by atomic mass is 9.49. The number of aromatic nitrogens is 4. The summed E-state index contributed by atoms with van der Waals surface area (Å²) in [5.41, 5.74) is 7.48. The number of hydrogen-bond acceptors (Lipinski definition) is 14. The molecule has 19 nitrogen and oxygen atoms in total. The van der Waals surface area contributed by atoms with Gasteiger partial charge in [0.1, 0.15) is 11.6 Å². The first-order valence-electron chi connectivity index (χ1n) is 46.0. The van der Waals surface area contributed by atoms with Gasteiger partial charge in [-0.2, -0.15) is 0 Å². The van der Waals surface area contributed by atoms with Gasteiger partial charge < -0.3 is 51.1 Å². The van der Waals surface area contributed by atoms with Crippen LogP contribution in [-0.4, -0.2) is 166 Å². The van der Waals surface area contributed by atoms with E-state index in [0.29, 0.717) is 68.1 Å². The molecule has 20 aliphatic carbocycles. The summed E-state index contributed by atoms with van der Waals surface area (Å²) in [4.78, 5) is 87.4. The highest BCUT2D eigenvalue weighted by Crippen LogP contribution is 2.65. The molecule has 2 aromatic heterocycles. The average Bonchev–Trinajstić information content (AvgIpc) is 0.751. The molecule has 0 atom stereocenters. The Morgan fingerprint density at radius 2 is 0.567 bits per heavy atom. The van der Waals surface area contributed by atoms with E-state index >= 15 is 0 Å². The number of hydrogen-bond donors (Lipinski definition) is 5. The Morgan fingerprint density at radius 1 is 0.325 bits per heavy atom. The van der Waals surface area contributed by atoms with E-state index < -0.39 is 0 Å². The summed E-state index contributed by atoms with van der Waals surface area (Å²) in [5, 5.41) is 13.0. The van der Waals surface area contributed by atoms with Crippen LogP contribution in [-0.2, 0) is 19.6 Å². The van der Waals surface area contributed by atoms with Gasteiger partial charge in [0.2, 0.25) is 11.9 Å². The summed E-state index contributed by atoms with van der Waals surface area (Å²) in [7, 11) is 18.8. The van der Waals surface area contributed by atoms with Crippen LogP contribution in [0, 0.1) is 122 Å². The minimum absolute atomic E-state index is 0. The number of nitrogens with one attached hydrogen (secondary N) is 5. The molecule has 25 rings (SSSR count). The highest BCUT2D eigenvalue weighted by molar-refractivity contribution is 5.95. The van der Waals surface area contributed by atoms with E-state index in [9.17, 15) is 32.8 Å². The molecule has 20 fully saturated rings. The molecule has 0 unspecified atom stereocenters. The van der Waals surface area contributed by atoms with Crippen molar-refractivity contribution in [3.8, 4) is 0 Å². The Bertz CT molecular complexity index is 4130. The predicted molar refractivity (Wildman–Crippen MR) is 471 cm³/mol. The van der Waals surface area contributed by atoms with Gasteiger partial charge in [0.25, 0.3) is 29.5 Å². The topological polar surface area (TPSA) is 213 Å². The first-order chi connectivity index (χ1) is 57.1. The van der Waals surface area contributed by atoms with Gasteiger partial charge >= 0.3 is 0 Å². The maximum atomic E-state index is 14.4. The Kier molecular flexibility index (Phi) is 26.5. The van der Waals surface area contributed by atoms with E-state index in [1.54, 1.807) is 84.3 Å². The fraction of sp³-hybridized carbons (Fsp3) is 0.687. The lowest BCUT2D eigenvalue weighted by Crippen LogP contribution is -2.59. The van der Waals surface area contributed by atoms with Crippen LogP contribution in [0.1, 0.15) is 269 Å². The minimum atomic E-state index is -0.279. The Hall–Kier alpha value is -7.49. The normalized spacial score (nSPS) is 33.6. The van der Waals surface area contributed by atoms with E-state index in [1.165, 1.54) is 217 Å². The molecule has 0 aliphatic heterocycles. The third-order valence-electron chi connectivity index (χ3n) is 32.5. The van der Waals surface area contributed by atoms with Gasteiger partial charge in [0, 0.05) is 153 Å². The van der Waals surface area contributed by atoms with Crippen LogP contribution in [0.25, 0.3) is 0 Å². The molecule has 2 heterocycles. The van der Waals surface area contributed by atoms with Crippen LogP contribution in [0.4, 0.5) is 20.7 Å². The van der Waals surface area contributed by atoms with Crippen molar-refractivity contribution < 1.29 is 32.8 Å². The summed E-state index contributed by atoms with van der Waals surface area (Å²) in [5.74, 6) is 14.5. The number of halogens is 2. The second kappa shape index (κ2) is 36.4. The molecular weight excluding hydrogens is 1500 g/mol. The molecule has 20 aliphatic rings.